The quantitative estimate of drug-likeness (QED) is 0.300. The van der Waals surface area contributed by atoms with Crippen LogP contribution in [0.2, 0.25) is 0 Å². The zero-order chi connectivity index (χ0) is 20.6. The Morgan fingerprint density at radius 2 is 1.93 bits per heavy atom. The minimum absolute atomic E-state index is 0.0763. The summed E-state index contributed by atoms with van der Waals surface area (Å²) in [5.74, 6) is 2.33. The lowest BCUT2D eigenvalue weighted by Crippen LogP contribution is -2.29. The van der Waals surface area contributed by atoms with Gasteiger partial charge in [0.15, 0.2) is 0 Å². The fourth-order valence-corrected chi connectivity index (χ4v) is 5.50. The van der Waals surface area contributed by atoms with Crippen molar-refractivity contribution in [2.75, 3.05) is 11.5 Å². The zero-order valence-corrected chi connectivity index (χ0v) is 18.8. The molecule has 5 heteroatoms. The van der Waals surface area contributed by atoms with Gasteiger partial charge in [0.25, 0.3) is 0 Å². The molecule has 28 heavy (non-hydrogen) atoms. The molecule has 0 aromatic heterocycles. The minimum Gasteiger partial charge on any atom is -0.481 e. The molecule has 2 aliphatic rings. The van der Waals surface area contributed by atoms with Gasteiger partial charge < -0.3 is 14.9 Å². The molecule has 0 saturated carbocycles. The molecule has 0 amide bonds. The molecule has 0 radical (unpaired) electrons. The number of carboxylic acid groups (broad SMARTS) is 1. The van der Waals surface area contributed by atoms with Crippen molar-refractivity contribution in [3.8, 4) is 0 Å². The summed E-state index contributed by atoms with van der Waals surface area (Å²) in [7, 11) is 0. The number of hydrogen-bond acceptors (Lipinski definition) is 4. The lowest BCUT2D eigenvalue weighted by Gasteiger charge is -2.30. The van der Waals surface area contributed by atoms with E-state index in [1.165, 1.54) is 6.42 Å². The van der Waals surface area contributed by atoms with Crippen LogP contribution < -0.4 is 0 Å². The number of unbranched alkanes of at least 4 members (excludes halogenated alkanes) is 1. The standard InChI is InChI=1S/C23H40O4S/c1-4-5-14-23(2,3)21(24)13-10-18-17(19-11-12-20(18)27-19)8-6-15-28-16-7-9-22(25)26/h10,13,17-21,24H,4-9,11-12,14-16H2,1-3H3,(H,25,26)/t17-,18+,19-,20+,21?/m1/s1. The molecule has 0 aliphatic carbocycles. The van der Waals surface area contributed by atoms with Gasteiger partial charge in [0.2, 0.25) is 0 Å². The number of thioether (sulfide) groups is 1. The number of ether oxygens (including phenoxy) is 1. The van der Waals surface area contributed by atoms with Gasteiger partial charge in [0.1, 0.15) is 0 Å². The molecule has 1 unspecified atom stereocenters. The third kappa shape index (κ3) is 7.07. The van der Waals surface area contributed by atoms with Gasteiger partial charge in [0, 0.05) is 12.3 Å². The van der Waals surface area contributed by atoms with Gasteiger partial charge in [-0.1, -0.05) is 45.8 Å². The van der Waals surface area contributed by atoms with Crippen LogP contribution >= 0.6 is 11.8 Å². The van der Waals surface area contributed by atoms with Crippen LogP contribution in [0.15, 0.2) is 12.2 Å². The maximum Gasteiger partial charge on any atom is 0.303 e. The van der Waals surface area contributed by atoms with Crippen LogP contribution in [0.25, 0.3) is 0 Å². The predicted octanol–water partition coefficient (Wildman–Crippen LogP) is 5.29. The van der Waals surface area contributed by atoms with Crippen molar-refractivity contribution in [1.82, 2.24) is 0 Å². The lowest BCUT2D eigenvalue weighted by molar-refractivity contribution is -0.137. The third-order valence-electron chi connectivity index (χ3n) is 6.48. The predicted molar refractivity (Wildman–Crippen MR) is 117 cm³/mol. The van der Waals surface area contributed by atoms with Gasteiger partial charge in [-0.05, 0) is 61.4 Å². The average Bonchev–Trinajstić information content (AvgIpc) is 3.25. The fourth-order valence-electron chi connectivity index (χ4n) is 4.58. The smallest absolute Gasteiger partial charge is 0.303 e. The van der Waals surface area contributed by atoms with Crippen LogP contribution in [0.3, 0.4) is 0 Å². The van der Waals surface area contributed by atoms with Crippen molar-refractivity contribution >= 4 is 17.7 Å². The molecule has 4 nitrogen and oxygen atoms in total. The number of carboxylic acids is 1. The number of carbonyl (C=O) groups is 1. The molecule has 162 valence electrons. The lowest BCUT2D eigenvalue weighted by atomic mass is 9.75. The minimum atomic E-state index is -0.700. The Labute approximate surface area is 175 Å². The highest BCUT2D eigenvalue weighted by Crippen LogP contribution is 2.46. The van der Waals surface area contributed by atoms with Crippen LogP contribution in [0.4, 0.5) is 0 Å². The van der Waals surface area contributed by atoms with Crippen molar-refractivity contribution in [2.24, 2.45) is 17.3 Å². The first-order chi connectivity index (χ1) is 13.3. The first-order valence-electron chi connectivity index (χ1n) is 11.2. The summed E-state index contributed by atoms with van der Waals surface area (Å²) in [6.45, 7) is 6.52. The van der Waals surface area contributed by atoms with E-state index in [9.17, 15) is 9.90 Å². The van der Waals surface area contributed by atoms with Crippen molar-refractivity contribution in [3.63, 3.8) is 0 Å². The van der Waals surface area contributed by atoms with E-state index in [4.69, 9.17) is 9.84 Å². The van der Waals surface area contributed by atoms with E-state index in [2.05, 4.69) is 26.8 Å². The summed E-state index contributed by atoms with van der Waals surface area (Å²) in [4.78, 5) is 10.5. The number of aliphatic hydroxyl groups is 1. The molecule has 2 fully saturated rings. The van der Waals surface area contributed by atoms with E-state index in [0.717, 1.165) is 56.5 Å². The highest BCUT2D eigenvalue weighted by molar-refractivity contribution is 7.99. The summed E-state index contributed by atoms with van der Waals surface area (Å²) in [6, 6.07) is 0. The molecule has 2 rings (SSSR count). The number of rotatable bonds is 14. The Morgan fingerprint density at radius 3 is 2.64 bits per heavy atom. The molecular formula is C23H40O4S. The van der Waals surface area contributed by atoms with Gasteiger partial charge in [0.05, 0.1) is 18.3 Å². The molecule has 5 atom stereocenters. The van der Waals surface area contributed by atoms with E-state index in [0.29, 0.717) is 24.0 Å². The maximum atomic E-state index is 10.7. The van der Waals surface area contributed by atoms with E-state index in [1.54, 1.807) is 0 Å². The van der Waals surface area contributed by atoms with E-state index in [-0.39, 0.29) is 11.8 Å². The fraction of sp³-hybridized carbons (Fsp3) is 0.870. The Kier molecular flexibility index (Phi) is 9.85. The molecule has 2 saturated heterocycles. The van der Waals surface area contributed by atoms with Crippen molar-refractivity contribution in [2.45, 2.75) is 96.9 Å². The molecule has 2 bridgehead atoms. The summed E-state index contributed by atoms with van der Waals surface area (Å²) in [6.07, 6.45) is 13.7. The van der Waals surface area contributed by atoms with Crippen LogP contribution in [0.1, 0.15) is 78.6 Å². The molecule has 2 heterocycles. The van der Waals surface area contributed by atoms with Crippen LogP contribution in [-0.4, -0.2) is 46.0 Å². The van der Waals surface area contributed by atoms with Crippen LogP contribution in [0, 0.1) is 17.3 Å². The maximum absolute atomic E-state index is 10.7. The van der Waals surface area contributed by atoms with Crippen molar-refractivity contribution < 1.29 is 19.7 Å². The Hall–Kier alpha value is -0.520. The van der Waals surface area contributed by atoms with E-state index >= 15 is 0 Å². The monoisotopic (exact) mass is 412 g/mol. The van der Waals surface area contributed by atoms with Gasteiger partial charge in [-0.3, -0.25) is 4.79 Å². The van der Waals surface area contributed by atoms with Crippen molar-refractivity contribution in [1.29, 1.82) is 0 Å². The first kappa shape index (κ1) is 23.8. The number of aliphatic hydroxyl groups excluding tert-OH is 1. The van der Waals surface area contributed by atoms with Gasteiger partial charge in [-0.15, -0.1) is 0 Å². The second-order valence-corrected chi connectivity index (χ2v) is 10.4. The SMILES string of the molecule is CCCCC(C)(C)C(O)C=C[C@H]1[C@@H](CCCSCCCC(=O)O)[C@H]2CC[C@@H]1O2. The highest BCUT2D eigenvalue weighted by atomic mass is 32.2. The Bertz CT molecular complexity index is 505. The highest BCUT2D eigenvalue weighted by Gasteiger charge is 2.47. The largest absolute Gasteiger partial charge is 0.481 e. The summed E-state index contributed by atoms with van der Waals surface area (Å²) < 4.78 is 6.20. The Morgan fingerprint density at radius 1 is 1.21 bits per heavy atom. The molecule has 2 aliphatic heterocycles. The van der Waals surface area contributed by atoms with Crippen LogP contribution in [0.5, 0.6) is 0 Å². The Balaban J connectivity index is 1.78. The zero-order valence-electron chi connectivity index (χ0n) is 17.9. The number of fused-ring (bicyclic) bond motifs is 2. The van der Waals surface area contributed by atoms with E-state index < -0.39 is 12.1 Å². The third-order valence-corrected chi connectivity index (χ3v) is 7.64. The topological polar surface area (TPSA) is 66.8 Å². The number of hydrogen-bond donors (Lipinski definition) is 2. The van der Waals surface area contributed by atoms with Gasteiger partial charge in [-0.25, -0.2) is 0 Å². The molecule has 0 spiro atoms. The molecule has 0 aromatic carbocycles. The summed E-state index contributed by atoms with van der Waals surface area (Å²) in [5.41, 5.74) is -0.0763. The average molecular weight is 413 g/mol. The molecule has 2 N–H and O–H groups in total. The van der Waals surface area contributed by atoms with Gasteiger partial charge in [-0.2, -0.15) is 11.8 Å². The summed E-state index contributed by atoms with van der Waals surface area (Å²) >= 11 is 1.87. The van der Waals surface area contributed by atoms with Crippen LogP contribution in [-0.2, 0) is 9.53 Å². The molecular weight excluding hydrogens is 372 g/mol. The van der Waals surface area contributed by atoms with Crippen molar-refractivity contribution in [3.05, 3.63) is 12.2 Å². The summed E-state index contributed by atoms with van der Waals surface area (Å²) in [5, 5.41) is 19.4. The second kappa shape index (κ2) is 11.6. The number of aliphatic carboxylic acids is 1. The molecule has 0 aromatic rings. The normalized spacial score (nSPS) is 28.3. The second-order valence-electron chi connectivity index (χ2n) is 9.21. The van der Waals surface area contributed by atoms with Gasteiger partial charge >= 0.3 is 5.97 Å². The first-order valence-corrected chi connectivity index (χ1v) is 12.3. The van der Waals surface area contributed by atoms with E-state index in [1.807, 2.05) is 17.8 Å².